The van der Waals surface area contributed by atoms with E-state index in [0.717, 1.165) is 24.3 Å². The lowest BCUT2D eigenvalue weighted by atomic mass is 10.1. The van der Waals surface area contributed by atoms with Crippen LogP contribution in [0.5, 0.6) is 5.75 Å². The molecule has 3 aromatic carbocycles. The predicted octanol–water partition coefficient (Wildman–Crippen LogP) is 5.13. The minimum Gasteiger partial charge on any atom is -0.506 e. The fourth-order valence-corrected chi connectivity index (χ4v) is 5.10. The summed E-state index contributed by atoms with van der Waals surface area (Å²) in [5.41, 5.74) is 0.304. The number of aromatic carboxylic acids is 1. The third-order valence-corrected chi connectivity index (χ3v) is 7.77. The number of sulfonamides is 2. The number of allylic oxidation sites excluding steroid dienone is 5. The summed E-state index contributed by atoms with van der Waals surface area (Å²) in [6.07, 6.45) is 7.48. The Bertz CT molecular complexity index is 1880. The molecule has 0 bridgehead atoms. The molecule has 0 radical (unpaired) electrons. The lowest BCUT2D eigenvalue weighted by molar-refractivity contribution is 0.0697. The minimum atomic E-state index is -4.26. The van der Waals surface area contributed by atoms with Crippen LogP contribution in [0.15, 0.2) is 133 Å². The van der Waals surface area contributed by atoms with Gasteiger partial charge in [0, 0.05) is 5.57 Å². The highest BCUT2D eigenvalue weighted by atomic mass is 32.2. The van der Waals surface area contributed by atoms with Crippen molar-refractivity contribution in [1.29, 1.82) is 0 Å². The molecule has 0 atom stereocenters. The van der Waals surface area contributed by atoms with Crippen molar-refractivity contribution >= 4 is 43.1 Å². The summed E-state index contributed by atoms with van der Waals surface area (Å²) < 4.78 is 51.5. The first-order valence-electron chi connectivity index (χ1n) is 11.6. The van der Waals surface area contributed by atoms with Gasteiger partial charge in [0.05, 0.1) is 21.0 Å². The van der Waals surface area contributed by atoms with Gasteiger partial charge in [0.25, 0.3) is 10.0 Å². The quantitative estimate of drug-likeness (QED) is 0.245. The van der Waals surface area contributed by atoms with E-state index in [4.69, 9.17) is 5.14 Å². The van der Waals surface area contributed by atoms with Crippen LogP contribution in [-0.4, -0.2) is 33.0 Å². The van der Waals surface area contributed by atoms with Crippen LogP contribution in [0, 0.1) is 0 Å². The van der Waals surface area contributed by atoms with Crippen molar-refractivity contribution in [1.82, 2.24) is 0 Å². The lowest BCUT2D eigenvalue weighted by Gasteiger charge is -2.10. The van der Waals surface area contributed by atoms with E-state index >= 15 is 0 Å². The maximum absolute atomic E-state index is 13.0. The molecule has 0 saturated heterocycles. The monoisotopic (exact) mass is 594 g/mol. The van der Waals surface area contributed by atoms with Crippen LogP contribution >= 0.6 is 0 Å². The van der Waals surface area contributed by atoms with Crippen molar-refractivity contribution in [3.8, 4) is 5.75 Å². The van der Waals surface area contributed by atoms with Crippen molar-refractivity contribution in [3.63, 3.8) is 0 Å². The van der Waals surface area contributed by atoms with Crippen molar-refractivity contribution in [3.05, 3.63) is 108 Å². The van der Waals surface area contributed by atoms with E-state index in [1.165, 1.54) is 30.3 Å². The molecule has 4 rings (SSSR count). The van der Waals surface area contributed by atoms with E-state index in [-0.39, 0.29) is 44.0 Å². The van der Waals surface area contributed by atoms with Crippen LogP contribution in [0.3, 0.4) is 0 Å². The number of carboxylic acid groups (broad SMARTS) is 1. The molecule has 0 unspecified atom stereocenters. The molecule has 3 aromatic rings. The van der Waals surface area contributed by atoms with Crippen molar-refractivity contribution in [2.45, 2.75) is 16.2 Å². The van der Waals surface area contributed by atoms with Gasteiger partial charge < -0.3 is 10.2 Å². The summed E-state index contributed by atoms with van der Waals surface area (Å²) in [4.78, 5) is 10.9. The Kier molecular flexibility index (Phi) is 8.51. The Morgan fingerprint density at radius 3 is 2.27 bits per heavy atom. The average Bonchev–Trinajstić information content (AvgIpc) is 2.94. The number of nitrogens with one attached hydrogen (secondary N) is 1. The number of carboxylic acids is 1. The third kappa shape index (κ3) is 7.36. The number of hydrogen-bond donors (Lipinski definition) is 4. The Morgan fingerprint density at radius 2 is 1.59 bits per heavy atom. The predicted molar refractivity (Wildman–Crippen MR) is 149 cm³/mol. The molecule has 0 heterocycles. The Labute approximate surface area is 234 Å². The van der Waals surface area contributed by atoms with E-state index in [1.807, 2.05) is 6.08 Å². The van der Waals surface area contributed by atoms with Gasteiger partial charge in [0.15, 0.2) is 5.82 Å². The summed E-state index contributed by atoms with van der Waals surface area (Å²) in [6, 6.07) is 14.2. The van der Waals surface area contributed by atoms with E-state index in [2.05, 4.69) is 25.2 Å². The van der Waals surface area contributed by atoms with Gasteiger partial charge in [0.1, 0.15) is 17.1 Å². The maximum atomic E-state index is 13.0. The molecular weight excluding hydrogens is 572 g/mol. The number of rotatable bonds is 9. The molecule has 0 aliphatic heterocycles. The molecular formula is C26H22N6O7S2. The Hall–Kier alpha value is -4.99. The topological polar surface area (TPSA) is 213 Å². The number of phenolic OH excluding ortho intramolecular Hbond substituents is 1. The number of azo groups is 2. The van der Waals surface area contributed by atoms with Gasteiger partial charge in [0.2, 0.25) is 10.0 Å². The summed E-state index contributed by atoms with van der Waals surface area (Å²) in [5.74, 6) is -1.58. The van der Waals surface area contributed by atoms with Gasteiger partial charge in [-0.25, -0.2) is 26.8 Å². The molecule has 210 valence electrons. The Morgan fingerprint density at radius 1 is 0.854 bits per heavy atom. The summed E-state index contributed by atoms with van der Waals surface area (Å²) in [5, 5.41) is 41.0. The smallest absolute Gasteiger partial charge is 0.337 e. The molecule has 1 aliphatic rings. The highest BCUT2D eigenvalue weighted by Crippen LogP contribution is 2.32. The van der Waals surface area contributed by atoms with E-state index in [1.54, 1.807) is 30.4 Å². The second-order valence-electron chi connectivity index (χ2n) is 8.39. The number of nitrogens with zero attached hydrogens (tertiary/aromatic N) is 4. The third-order valence-electron chi connectivity index (χ3n) is 5.48. The summed E-state index contributed by atoms with van der Waals surface area (Å²) in [7, 11) is -8.33. The van der Waals surface area contributed by atoms with Crippen LogP contribution in [-0.2, 0) is 20.0 Å². The fraction of sp³-hybridized carbons (Fsp3) is 0.0385. The van der Waals surface area contributed by atoms with Gasteiger partial charge in [-0.1, -0.05) is 42.5 Å². The molecule has 0 spiro atoms. The maximum Gasteiger partial charge on any atom is 0.337 e. The van der Waals surface area contributed by atoms with Crippen LogP contribution in [0.1, 0.15) is 16.8 Å². The molecule has 41 heavy (non-hydrogen) atoms. The number of hydrogen-bond acceptors (Lipinski definition) is 10. The number of anilines is 1. The molecule has 5 N–H and O–H groups in total. The second-order valence-corrected chi connectivity index (χ2v) is 11.6. The summed E-state index contributed by atoms with van der Waals surface area (Å²) in [6.45, 7) is 0. The van der Waals surface area contributed by atoms with Gasteiger partial charge in [-0.3, -0.25) is 4.72 Å². The van der Waals surface area contributed by atoms with E-state index < -0.39 is 26.0 Å². The van der Waals surface area contributed by atoms with Crippen molar-refractivity contribution < 1.29 is 31.8 Å². The molecule has 0 fully saturated rings. The zero-order chi connectivity index (χ0) is 29.6. The number of primary sulfonamides is 1. The van der Waals surface area contributed by atoms with E-state index in [9.17, 15) is 31.8 Å². The highest BCUT2D eigenvalue weighted by Gasteiger charge is 2.18. The molecule has 13 nitrogen and oxygen atoms in total. The number of aromatic hydroxyl groups is 1. The SMILES string of the molecule is NS(=O)(=O)c1cccc(NS(=O)(=O)c2ccc(O)c(N=N/C(N=Nc3ccccc3C(=O)O)=C3\C=CC=CC3)c2)c1. The summed E-state index contributed by atoms with van der Waals surface area (Å²) >= 11 is 0. The zero-order valence-corrected chi connectivity index (χ0v) is 22.6. The van der Waals surface area contributed by atoms with E-state index in [0.29, 0.717) is 12.0 Å². The number of carbonyl (C=O) groups is 1. The second kappa shape index (κ2) is 12.0. The highest BCUT2D eigenvalue weighted by molar-refractivity contribution is 7.92. The number of benzene rings is 3. The first kappa shape index (κ1) is 29.0. The first-order chi connectivity index (χ1) is 19.4. The largest absolute Gasteiger partial charge is 0.506 e. The first-order valence-corrected chi connectivity index (χ1v) is 14.7. The van der Waals surface area contributed by atoms with Crippen LogP contribution < -0.4 is 9.86 Å². The van der Waals surface area contributed by atoms with Crippen molar-refractivity contribution in [2.75, 3.05) is 4.72 Å². The Balaban J connectivity index is 1.67. The van der Waals surface area contributed by atoms with Crippen molar-refractivity contribution in [2.24, 2.45) is 25.6 Å². The molecule has 0 aromatic heterocycles. The number of nitrogens with two attached hydrogens (primary N) is 1. The van der Waals surface area contributed by atoms with Gasteiger partial charge in [-0.15, -0.1) is 20.5 Å². The van der Waals surface area contributed by atoms with Crippen LogP contribution in [0.25, 0.3) is 0 Å². The lowest BCUT2D eigenvalue weighted by Crippen LogP contribution is -2.15. The van der Waals surface area contributed by atoms with Crippen LogP contribution in [0.4, 0.5) is 17.1 Å². The molecule has 0 amide bonds. The normalized spacial score (nSPS) is 15.0. The zero-order valence-electron chi connectivity index (χ0n) is 21.0. The average molecular weight is 595 g/mol. The standard InChI is InChI=1S/C26H22N6O7S2/c27-40(36,37)19-10-6-9-18(15-19)32-41(38,39)20-13-14-24(33)23(16-20)29-31-25(17-7-2-1-3-8-17)30-28-22-12-5-4-11-21(22)26(34)35/h1-7,9-16,32-33H,8H2,(H,34,35)(H2,27,36,37)/b25-17+,30-28?,31-29?. The van der Waals surface area contributed by atoms with Gasteiger partial charge >= 0.3 is 5.97 Å². The van der Waals surface area contributed by atoms with Crippen LogP contribution in [0.2, 0.25) is 0 Å². The fourth-order valence-electron chi connectivity index (χ4n) is 3.47. The minimum absolute atomic E-state index is 0.00335. The number of phenols is 1. The molecule has 15 heteroatoms. The van der Waals surface area contributed by atoms with Gasteiger partial charge in [-0.2, -0.15) is 0 Å². The molecule has 0 saturated carbocycles. The van der Waals surface area contributed by atoms with Gasteiger partial charge in [-0.05, 0) is 55.0 Å². The molecule has 1 aliphatic carbocycles.